The predicted octanol–water partition coefficient (Wildman–Crippen LogP) is 3.38. The monoisotopic (exact) mass is 446 g/mol. The van der Waals surface area contributed by atoms with Gasteiger partial charge in [-0.15, -0.1) is 4.68 Å². The summed E-state index contributed by atoms with van der Waals surface area (Å²) in [5.41, 5.74) is 7.69. The number of rotatable bonds is 0. The van der Waals surface area contributed by atoms with Gasteiger partial charge in [-0.25, -0.2) is 4.68 Å². The second-order valence-electron chi connectivity index (χ2n) is 9.17. The van der Waals surface area contributed by atoms with Crippen molar-refractivity contribution < 1.29 is 9.42 Å². The van der Waals surface area contributed by atoms with Crippen molar-refractivity contribution in [3.05, 3.63) is 47.0 Å². The van der Waals surface area contributed by atoms with Crippen molar-refractivity contribution in [1.29, 1.82) is 0 Å². The number of nitrogens with one attached hydrogen (secondary N) is 1. The minimum atomic E-state index is -0.0148. The molecule has 2 atom stereocenters. The number of hydrogen-bond donors (Lipinski definition) is 1. The van der Waals surface area contributed by atoms with Gasteiger partial charge in [0.05, 0.1) is 47.3 Å². The largest absolute Gasteiger partial charge is 0.473 e. The van der Waals surface area contributed by atoms with E-state index in [-0.39, 0.29) is 12.1 Å². The molecule has 8 nitrogen and oxygen atoms in total. The molecule has 3 aromatic heterocycles. The fourth-order valence-corrected chi connectivity index (χ4v) is 4.88. The lowest BCUT2D eigenvalue weighted by Crippen LogP contribution is -2.45. The first-order valence-corrected chi connectivity index (χ1v) is 11.4. The van der Waals surface area contributed by atoms with Gasteiger partial charge in [0.15, 0.2) is 7.05 Å². The minimum absolute atomic E-state index is 0.0148. The lowest BCUT2D eigenvalue weighted by Gasteiger charge is -2.26. The van der Waals surface area contributed by atoms with Crippen LogP contribution in [-0.2, 0) is 21.1 Å². The van der Waals surface area contributed by atoms with Gasteiger partial charge in [-0.2, -0.15) is 14.9 Å². The van der Waals surface area contributed by atoms with Crippen molar-refractivity contribution in [3.8, 4) is 17.0 Å². The molecule has 1 unspecified atom stereocenters. The molecule has 0 aliphatic carbocycles. The van der Waals surface area contributed by atoms with Crippen LogP contribution in [-0.4, -0.2) is 49.3 Å². The van der Waals surface area contributed by atoms with E-state index < -0.39 is 0 Å². The third-order valence-corrected chi connectivity index (χ3v) is 7.06. The summed E-state index contributed by atoms with van der Waals surface area (Å²) in [5.74, 6) is 0.778. The fraction of sp³-hybridized carbons (Fsp3) is 0.400. The molecule has 0 spiro atoms. The van der Waals surface area contributed by atoms with Crippen LogP contribution in [0.25, 0.3) is 34.2 Å². The Bertz CT molecular complexity index is 1370. The quantitative estimate of drug-likeness (QED) is 0.421. The Labute approximate surface area is 194 Å². The van der Waals surface area contributed by atoms with Gasteiger partial charge in [0.25, 0.3) is 0 Å². The molecule has 33 heavy (non-hydrogen) atoms. The Morgan fingerprint density at radius 1 is 1.15 bits per heavy atom. The highest BCUT2D eigenvalue weighted by Crippen LogP contribution is 2.34. The van der Waals surface area contributed by atoms with Gasteiger partial charge in [0.2, 0.25) is 11.6 Å². The number of H-pyrrole nitrogens is 1. The normalized spacial score (nSPS) is 20.2. The van der Waals surface area contributed by atoms with Gasteiger partial charge >= 0.3 is 0 Å². The van der Waals surface area contributed by atoms with E-state index in [1.54, 1.807) is 0 Å². The molecule has 5 rings (SSSR count). The van der Waals surface area contributed by atoms with Crippen LogP contribution >= 0.6 is 0 Å². The maximum atomic E-state index is 6.46. The van der Waals surface area contributed by atoms with E-state index in [2.05, 4.69) is 95.8 Å². The number of aryl methyl sites for hydroxylation is 1. The van der Waals surface area contributed by atoms with Crippen LogP contribution in [0.5, 0.6) is 5.88 Å². The summed E-state index contributed by atoms with van der Waals surface area (Å²) in [7, 11) is 8.31. The van der Waals surface area contributed by atoms with Gasteiger partial charge in [-0.3, -0.25) is 10.00 Å². The number of benzene rings is 1. The highest BCUT2D eigenvalue weighted by molar-refractivity contribution is 5.93. The molecular weight excluding hydrogens is 414 g/mol. The lowest BCUT2D eigenvalue weighted by molar-refractivity contribution is -0.759. The summed E-state index contributed by atoms with van der Waals surface area (Å²) in [6, 6.07) is 6.49. The molecule has 0 saturated heterocycles. The average Bonchev–Trinajstić information content (AvgIpc) is 3.42. The van der Waals surface area contributed by atoms with Crippen molar-refractivity contribution in [1.82, 2.24) is 29.6 Å². The first kappa shape index (κ1) is 21.5. The Hall–Kier alpha value is -3.39. The second-order valence-corrected chi connectivity index (χ2v) is 9.17. The van der Waals surface area contributed by atoms with Crippen molar-refractivity contribution in [2.45, 2.75) is 32.9 Å². The average molecular weight is 447 g/mol. The molecule has 0 fully saturated rings. The molecule has 172 valence electrons. The zero-order valence-corrected chi connectivity index (χ0v) is 20.4. The van der Waals surface area contributed by atoms with Crippen LogP contribution < -0.4 is 9.42 Å². The Morgan fingerprint density at radius 2 is 1.94 bits per heavy atom. The highest BCUT2D eigenvalue weighted by Gasteiger charge is 2.31. The molecule has 0 saturated carbocycles. The van der Waals surface area contributed by atoms with Gasteiger partial charge in [-0.1, -0.05) is 6.07 Å². The molecular formula is C25H32N7O+. The number of nitrogens with zero attached hydrogens (tertiary/aromatic N) is 6. The number of fused-ring (bicyclic) bond motifs is 4. The van der Waals surface area contributed by atoms with Crippen LogP contribution in [0.2, 0.25) is 0 Å². The van der Waals surface area contributed by atoms with Crippen LogP contribution in [0.4, 0.5) is 0 Å². The van der Waals surface area contributed by atoms with E-state index in [1.807, 2.05) is 24.0 Å². The number of aromatic nitrogens is 6. The van der Waals surface area contributed by atoms with Gasteiger partial charge < -0.3 is 4.74 Å². The zero-order chi connectivity index (χ0) is 23.4. The smallest absolute Gasteiger partial charge is 0.231 e. The maximum absolute atomic E-state index is 6.46. The van der Waals surface area contributed by atoms with Crippen molar-refractivity contribution in [3.63, 3.8) is 0 Å². The van der Waals surface area contributed by atoms with Gasteiger partial charge in [0.1, 0.15) is 6.10 Å². The summed E-state index contributed by atoms with van der Waals surface area (Å²) < 4.78 is 12.7. The molecule has 1 N–H and O–H groups in total. The minimum Gasteiger partial charge on any atom is -0.473 e. The second kappa shape index (κ2) is 7.88. The van der Waals surface area contributed by atoms with Crippen LogP contribution in [0.3, 0.4) is 0 Å². The Kier molecular flexibility index (Phi) is 5.12. The van der Waals surface area contributed by atoms with Crippen molar-refractivity contribution >= 4 is 23.1 Å². The Morgan fingerprint density at radius 3 is 2.73 bits per heavy atom. The summed E-state index contributed by atoms with van der Waals surface area (Å²) in [6.45, 7) is 7.32. The summed E-state index contributed by atoms with van der Waals surface area (Å²) in [4.78, 5) is 2.35. The molecule has 1 aliphatic heterocycles. The SMILES string of the molecule is Cc1c2c([n+](C)n1C)C(C)N(C)C[C@H](C)Oc1c(cnn1C)-c1ccc3n[nH]c(c3c1)/C=C/2. The number of ether oxygens (including phenoxy) is 1. The molecule has 4 aromatic rings. The summed E-state index contributed by atoms with van der Waals surface area (Å²) in [6.07, 6.45) is 6.21. The third kappa shape index (κ3) is 3.45. The highest BCUT2D eigenvalue weighted by atomic mass is 16.5. The summed E-state index contributed by atoms with van der Waals surface area (Å²) >= 11 is 0. The van der Waals surface area contributed by atoms with E-state index in [4.69, 9.17) is 4.74 Å². The number of likely N-dealkylation sites (N-methyl/N-ethyl adjacent to an activating group) is 1. The molecule has 4 heterocycles. The standard InChI is InChI=1S/C25H32N7O/c1-15-14-29(4)17(3)24-19(16(2)31(6)32(24)7)9-11-23-20-12-18(8-10-22(20)27-28-23)21-13-26-30(5)25(21)33-15/h8-13,15,17H,14H2,1-7H3,(H,27,28)/q+1/b11-9+/t15-,17?/m0/s1. The molecule has 0 amide bonds. The van der Waals surface area contributed by atoms with Crippen LogP contribution in [0.15, 0.2) is 24.4 Å². The van der Waals surface area contributed by atoms with Crippen LogP contribution in [0.1, 0.15) is 42.5 Å². The zero-order valence-electron chi connectivity index (χ0n) is 20.4. The van der Waals surface area contributed by atoms with Crippen LogP contribution in [0, 0.1) is 6.92 Å². The van der Waals surface area contributed by atoms with Crippen molar-refractivity contribution in [2.24, 2.45) is 21.1 Å². The van der Waals surface area contributed by atoms with E-state index in [0.717, 1.165) is 40.1 Å². The molecule has 0 radical (unpaired) electrons. The first-order chi connectivity index (χ1) is 15.8. The van der Waals surface area contributed by atoms with E-state index in [0.29, 0.717) is 0 Å². The first-order valence-electron chi connectivity index (χ1n) is 11.4. The number of aromatic amines is 1. The fourth-order valence-electron chi connectivity index (χ4n) is 4.88. The summed E-state index contributed by atoms with van der Waals surface area (Å²) in [5, 5.41) is 13.3. The van der Waals surface area contributed by atoms with Crippen molar-refractivity contribution in [2.75, 3.05) is 13.6 Å². The number of hydrogen-bond acceptors (Lipinski definition) is 4. The van der Waals surface area contributed by atoms with E-state index in [9.17, 15) is 0 Å². The van der Waals surface area contributed by atoms with Gasteiger partial charge in [0, 0.05) is 19.0 Å². The van der Waals surface area contributed by atoms with E-state index >= 15 is 0 Å². The lowest BCUT2D eigenvalue weighted by atomic mass is 10.0. The molecule has 2 bridgehead atoms. The molecule has 1 aromatic carbocycles. The maximum Gasteiger partial charge on any atom is 0.231 e. The predicted molar refractivity (Wildman–Crippen MR) is 130 cm³/mol. The topological polar surface area (TPSA) is 67.8 Å². The molecule has 8 heteroatoms. The third-order valence-electron chi connectivity index (χ3n) is 7.06. The van der Waals surface area contributed by atoms with Gasteiger partial charge in [-0.05, 0) is 57.7 Å². The van der Waals surface area contributed by atoms with E-state index in [1.165, 1.54) is 17.0 Å². The molecule has 1 aliphatic rings. The Balaban J connectivity index is 1.74.